The average Bonchev–Trinajstić information content (AvgIpc) is 2.04. The molecule has 0 aromatic carbocycles. The van der Waals surface area contributed by atoms with Gasteiger partial charge in [0.25, 0.3) is 0 Å². The van der Waals surface area contributed by atoms with Gasteiger partial charge in [0.15, 0.2) is 0 Å². The Morgan fingerprint density at radius 3 is 1.92 bits per heavy atom. The Bertz CT molecular complexity index is 153. The lowest BCUT2D eigenvalue weighted by molar-refractivity contribution is 0.211. The predicted molar refractivity (Wildman–Crippen MR) is 49.1 cm³/mol. The van der Waals surface area contributed by atoms with E-state index in [-0.39, 0.29) is 0 Å². The summed E-state index contributed by atoms with van der Waals surface area (Å²) in [6, 6.07) is 0. The molecule has 74 valence electrons. The quantitative estimate of drug-likeness (QED) is 0.658. The molecule has 12 heavy (non-hydrogen) atoms. The van der Waals surface area contributed by atoms with Crippen LogP contribution < -0.4 is 5.73 Å². The molecule has 0 aliphatic carbocycles. The summed E-state index contributed by atoms with van der Waals surface area (Å²) in [4.78, 5) is 0. The van der Waals surface area contributed by atoms with Crippen molar-refractivity contribution in [3.8, 4) is 0 Å². The van der Waals surface area contributed by atoms with Gasteiger partial charge in [-0.15, -0.1) is 0 Å². The van der Waals surface area contributed by atoms with Crippen LogP contribution in [0.15, 0.2) is 0 Å². The molecule has 0 bridgehead atoms. The Labute approximate surface area is 74.0 Å². The topological polar surface area (TPSA) is 61.5 Å². The van der Waals surface area contributed by atoms with E-state index < -0.39 is 13.4 Å². The maximum Gasteiger partial charge on any atom is 0.347 e. The Balaban J connectivity index is 4.27. The summed E-state index contributed by atoms with van der Waals surface area (Å²) in [6.45, 7) is 6.13. The molecule has 0 heterocycles. The zero-order valence-electron chi connectivity index (χ0n) is 7.95. The highest BCUT2D eigenvalue weighted by Gasteiger charge is 2.30. The van der Waals surface area contributed by atoms with Crippen LogP contribution in [0.4, 0.5) is 0 Å². The fourth-order valence-electron chi connectivity index (χ4n) is 0.812. The summed E-state index contributed by atoms with van der Waals surface area (Å²) in [5.41, 5.74) is 5.61. The fraction of sp³-hybridized carbons (Fsp3) is 1.00. The summed E-state index contributed by atoms with van der Waals surface area (Å²) in [6.07, 6.45) is 0.595. The normalized spacial score (nSPS) is 14.7. The molecule has 4 nitrogen and oxygen atoms in total. The van der Waals surface area contributed by atoms with Crippen LogP contribution in [0.3, 0.4) is 0 Å². The second-order valence-corrected chi connectivity index (χ2v) is 4.61. The van der Waals surface area contributed by atoms with Gasteiger partial charge in [-0.25, -0.2) is 0 Å². The minimum atomic E-state index is -3.03. The molecule has 0 spiro atoms. The molecule has 0 radical (unpaired) electrons. The summed E-state index contributed by atoms with van der Waals surface area (Å²) < 4.78 is 21.8. The van der Waals surface area contributed by atoms with Crippen LogP contribution in [-0.4, -0.2) is 19.0 Å². The number of rotatable bonds is 6. The monoisotopic (exact) mass is 195 g/mol. The average molecular weight is 195 g/mol. The molecule has 0 aliphatic heterocycles. The maximum atomic E-state index is 11.8. The zero-order chi connectivity index (χ0) is 9.61. The maximum absolute atomic E-state index is 11.8. The van der Waals surface area contributed by atoms with Crippen LogP contribution in [0.5, 0.6) is 0 Å². The summed E-state index contributed by atoms with van der Waals surface area (Å²) in [5, 5.41) is 0. The van der Waals surface area contributed by atoms with Crippen LogP contribution in [0.2, 0.25) is 0 Å². The third-order valence-electron chi connectivity index (χ3n) is 1.44. The first-order valence-electron chi connectivity index (χ1n) is 4.25. The Hall–Kier alpha value is 0.110. The fourth-order valence-corrected chi connectivity index (χ4v) is 2.44. The first-order chi connectivity index (χ1) is 5.60. The van der Waals surface area contributed by atoms with Gasteiger partial charge in [0, 0.05) is 0 Å². The van der Waals surface area contributed by atoms with E-state index in [1.165, 1.54) is 0 Å². The number of nitrogens with two attached hydrogens (primary N) is 1. The van der Waals surface area contributed by atoms with E-state index in [0.717, 1.165) is 0 Å². The lowest BCUT2D eigenvalue weighted by Crippen LogP contribution is -2.21. The van der Waals surface area contributed by atoms with Crippen molar-refractivity contribution in [3.05, 3.63) is 0 Å². The molecule has 0 fully saturated rings. The number of hydrogen-bond donors (Lipinski definition) is 1. The van der Waals surface area contributed by atoms with Crippen molar-refractivity contribution in [1.29, 1.82) is 0 Å². The predicted octanol–water partition coefficient (Wildman–Crippen LogP) is 1.95. The summed E-state index contributed by atoms with van der Waals surface area (Å²) in [5.74, 6) is -0.502. The Morgan fingerprint density at radius 2 is 1.67 bits per heavy atom. The highest BCUT2D eigenvalue weighted by Crippen LogP contribution is 2.51. The van der Waals surface area contributed by atoms with Gasteiger partial charge < -0.3 is 14.8 Å². The lowest BCUT2D eigenvalue weighted by Gasteiger charge is -2.21. The largest absolute Gasteiger partial charge is 0.347 e. The van der Waals surface area contributed by atoms with E-state index in [1.807, 2.05) is 6.92 Å². The second-order valence-electron chi connectivity index (χ2n) is 2.35. The molecule has 0 saturated carbocycles. The summed E-state index contributed by atoms with van der Waals surface area (Å²) >= 11 is 0. The smallest absolute Gasteiger partial charge is 0.318 e. The van der Waals surface area contributed by atoms with Gasteiger partial charge in [0.05, 0.1) is 13.2 Å². The van der Waals surface area contributed by atoms with Crippen molar-refractivity contribution in [2.24, 2.45) is 5.73 Å². The molecule has 0 aromatic heterocycles. The molecule has 2 N–H and O–H groups in total. The van der Waals surface area contributed by atoms with E-state index >= 15 is 0 Å². The third-order valence-corrected chi connectivity index (χ3v) is 3.86. The van der Waals surface area contributed by atoms with Gasteiger partial charge in [0.1, 0.15) is 5.78 Å². The van der Waals surface area contributed by atoms with E-state index in [9.17, 15) is 4.57 Å². The molecule has 0 unspecified atom stereocenters. The van der Waals surface area contributed by atoms with Gasteiger partial charge >= 0.3 is 7.60 Å². The summed E-state index contributed by atoms with van der Waals surface area (Å²) in [7, 11) is -3.03. The molecule has 0 aromatic rings. The van der Waals surface area contributed by atoms with Gasteiger partial charge in [-0.2, -0.15) is 0 Å². The minimum absolute atomic E-state index is 0.366. The minimum Gasteiger partial charge on any atom is -0.318 e. The van der Waals surface area contributed by atoms with E-state index in [2.05, 4.69) is 0 Å². The second kappa shape index (κ2) is 5.70. The van der Waals surface area contributed by atoms with Crippen LogP contribution in [0.1, 0.15) is 27.2 Å². The first-order valence-corrected chi connectivity index (χ1v) is 5.86. The van der Waals surface area contributed by atoms with Crippen molar-refractivity contribution in [3.63, 3.8) is 0 Å². The van der Waals surface area contributed by atoms with Crippen molar-refractivity contribution >= 4 is 7.60 Å². The van der Waals surface area contributed by atoms with Gasteiger partial charge in [-0.1, -0.05) is 6.92 Å². The molecular formula is C7H18NO3P. The Morgan fingerprint density at radius 1 is 1.25 bits per heavy atom. The van der Waals surface area contributed by atoms with Crippen LogP contribution in [0, 0.1) is 0 Å². The van der Waals surface area contributed by atoms with Crippen LogP contribution in [0.25, 0.3) is 0 Å². The van der Waals surface area contributed by atoms with Gasteiger partial charge in [0.2, 0.25) is 0 Å². The standard InChI is InChI=1S/C7H18NO3P/c1-4-7(8)12(9,10-5-2)11-6-3/h7H,4-6,8H2,1-3H3/t7-/m0/s1. The van der Waals surface area contributed by atoms with E-state index in [0.29, 0.717) is 19.6 Å². The molecule has 0 amide bonds. The van der Waals surface area contributed by atoms with Crippen molar-refractivity contribution in [2.45, 2.75) is 33.0 Å². The zero-order valence-corrected chi connectivity index (χ0v) is 8.84. The first kappa shape index (κ1) is 12.1. The Kier molecular flexibility index (Phi) is 5.76. The molecule has 0 aliphatic rings. The molecule has 0 saturated heterocycles. The van der Waals surface area contributed by atoms with Gasteiger partial charge in [-0.05, 0) is 20.3 Å². The SMILES string of the molecule is CCOP(=O)(OCC)[C@H](N)CC. The third kappa shape index (κ3) is 3.23. The lowest BCUT2D eigenvalue weighted by atomic mass is 10.5. The van der Waals surface area contributed by atoms with Gasteiger partial charge in [-0.3, -0.25) is 4.57 Å². The van der Waals surface area contributed by atoms with Crippen molar-refractivity contribution in [2.75, 3.05) is 13.2 Å². The number of hydrogen-bond acceptors (Lipinski definition) is 4. The highest BCUT2D eigenvalue weighted by atomic mass is 31.2. The van der Waals surface area contributed by atoms with E-state index in [4.69, 9.17) is 14.8 Å². The van der Waals surface area contributed by atoms with Crippen LogP contribution in [-0.2, 0) is 13.6 Å². The molecule has 5 heteroatoms. The van der Waals surface area contributed by atoms with Crippen LogP contribution >= 0.6 is 7.60 Å². The highest BCUT2D eigenvalue weighted by molar-refractivity contribution is 7.54. The van der Waals surface area contributed by atoms with Crippen molar-refractivity contribution < 1.29 is 13.6 Å². The van der Waals surface area contributed by atoms with E-state index in [1.54, 1.807) is 13.8 Å². The molecular weight excluding hydrogens is 177 g/mol. The van der Waals surface area contributed by atoms with Crippen molar-refractivity contribution in [1.82, 2.24) is 0 Å². The molecule has 0 rings (SSSR count). The molecule has 1 atom stereocenters.